The molecule has 0 aliphatic heterocycles. The Morgan fingerprint density at radius 1 is 0.857 bits per heavy atom. The van der Waals surface area contributed by atoms with Gasteiger partial charge >= 0.3 is 0 Å². The summed E-state index contributed by atoms with van der Waals surface area (Å²) in [4.78, 5) is 9.15. The van der Waals surface area contributed by atoms with Crippen LogP contribution in [0.5, 0.6) is 0 Å². The van der Waals surface area contributed by atoms with Crippen LogP contribution in [0.2, 0.25) is 0 Å². The van der Waals surface area contributed by atoms with Crippen LogP contribution in [-0.2, 0) is 11.8 Å². The predicted molar refractivity (Wildman–Crippen MR) is 118 cm³/mol. The molecule has 0 radical (unpaired) electrons. The molecule has 0 spiro atoms. The van der Waals surface area contributed by atoms with Gasteiger partial charge in [-0.05, 0) is 63.6 Å². The van der Waals surface area contributed by atoms with Gasteiger partial charge in [0.05, 0.1) is 5.69 Å². The van der Waals surface area contributed by atoms with Crippen molar-refractivity contribution in [3.05, 3.63) is 71.7 Å². The zero-order chi connectivity index (χ0) is 19.7. The molecule has 5 rings (SSSR count). The van der Waals surface area contributed by atoms with Crippen molar-refractivity contribution in [1.29, 1.82) is 0 Å². The van der Waals surface area contributed by atoms with Gasteiger partial charge in [-0.25, -0.2) is 0 Å². The summed E-state index contributed by atoms with van der Waals surface area (Å²) in [6, 6.07) is 13.7. The van der Waals surface area contributed by atoms with Crippen molar-refractivity contribution in [2.24, 2.45) is 5.41 Å². The van der Waals surface area contributed by atoms with E-state index in [1.807, 2.05) is 18.6 Å². The van der Waals surface area contributed by atoms with E-state index >= 15 is 0 Å². The van der Waals surface area contributed by atoms with Crippen LogP contribution in [0.1, 0.15) is 51.3 Å². The Morgan fingerprint density at radius 3 is 2.43 bits per heavy atom. The van der Waals surface area contributed by atoms with Gasteiger partial charge < -0.3 is 0 Å². The highest BCUT2D eigenvalue weighted by atomic mass is 14.7. The molecule has 0 saturated carbocycles. The van der Waals surface area contributed by atoms with Crippen LogP contribution in [-0.4, -0.2) is 9.97 Å². The SMILES string of the molecule is CC(C)(C)Cc1cc2c3c(nccc3c1)-c1cc3cnccc3cc1C2(C)C. The van der Waals surface area contributed by atoms with E-state index in [1.165, 1.54) is 43.8 Å². The van der Waals surface area contributed by atoms with Crippen molar-refractivity contribution in [2.45, 2.75) is 46.5 Å². The van der Waals surface area contributed by atoms with Crippen molar-refractivity contribution < 1.29 is 0 Å². The Morgan fingerprint density at radius 2 is 1.64 bits per heavy atom. The fraction of sp³-hybridized carbons (Fsp3) is 0.308. The average molecular weight is 367 g/mol. The molecule has 0 fully saturated rings. The lowest BCUT2D eigenvalue weighted by atomic mass is 9.68. The summed E-state index contributed by atoms with van der Waals surface area (Å²) < 4.78 is 0. The Bertz CT molecular complexity index is 1240. The van der Waals surface area contributed by atoms with Gasteiger partial charge in [-0.15, -0.1) is 0 Å². The van der Waals surface area contributed by atoms with Crippen LogP contribution >= 0.6 is 0 Å². The standard InChI is InChI=1S/C26H26N2/c1-25(2,3)14-16-10-18-7-9-28-24-20-12-19-15-27-8-6-17(19)13-21(20)26(4,5)22(11-16)23(18)24/h6-13,15H,14H2,1-5H3. The molecule has 2 nitrogen and oxygen atoms in total. The molecule has 0 bridgehead atoms. The molecular formula is C26H26N2. The molecule has 2 heterocycles. The number of hydrogen-bond acceptors (Lipinski definition) is 2. The van der Waals surface area contributed by atoms with Gasteiger partial charge in [0.25, 0.3) is 0 Å². The smallest absolute Gasteiger partial charge is 0.0786 e. The third-order valence-corrected chi connectivity index (χ3v) is 6.04. The summed E-state index contributed by atoms with van der Waals surface area (Å²) in [6.07, 6.45) is 6.85. The third kappa shape index (κ3) is 2.55. The topological polar surface area (TPSA) is 25.8 Å². The second-order valence-electron chi connectivity index (χ2n) is 9.88. The van der Waals surface area contributed by atoms with Gasteiger partial charge in [-0.1, -0.05) is 46.8 Å². The number of fused-ring (bicyclic) bond motifs is 3. The van der Waals surface area contributed by atoms with Crippen LogP contribution in [0, 0.1) is 5.41 Å². The highest BCUT2D eigenvalue weighted by Crippen LogP contribution is 2.49. The fourth-order valence-electron chi connectivity index (χ4n) is 4.78. The maximum atomic E-state index is 4.84. The fourth-order valence-corrected chi connectivity index (χ4v) is 4.78. The molecular weight excluding hydrogens is 340 g/mol. The van der Waals surface area contributed by atoms with Crippen molar-refractivity contribution >= 4 is 21.5 Å². The van der Waals surface area contributed by atoms with E-state index in [1.54, 1.807) is 0 Å². The van der Waals surface area contributed by atoms with Crippen LogP contribution in [0.15, 0.2) is 55.0 Å². The Labute approximate surface area is 166 Å². The number of hydrogen-bond donors (Lipinski definition) is 0. The van der Waals surface area contributed by atoms with Crippen LogP contribution < -0.4 is 0 Å². The second kappa shape index (κ2) is 5.64. The summed E-state index contributed by atoms with van der Waals surface area (Å²) >= 11 is 0. The maximum Gasteiger partial charge on any atom is 0.0786 e. The minimum Gasteiger partial charge on any atom is -0.264 e. The van der Waals surface area contributed by atoms with E-state index in [2.05, 4.69) is 76.0 Å². The molecule has 0 N–H and O–H groups in total. The van der Waals surface area contributed by atoms with Crippen molar-refractivity contribution in [3.63, 3.8) is 0 Å². The minimum absolute atomic E-state index is 0.0744. The first-order valence-corrected chi connectivity index (χ1v) is 10.0. The van der Waals surface area contributed by atoms with E-state index in [9.17, 15) is 0 Å². The molecule has 28 heavy (non-hydrogen) atoms. The highest BCUT2D eigenvalue weighted by Gasteiger charge is 2.35. The summed E-state index contributed by atoms with van der Waals surface area (Å²) in [6.45, 7) is 11.6. The molecule has 1 aliphatic carbocycles. The molecule has 1 aliphatic rings. The van der Waals surface area contributed by atoms with E-state index in [0.717, 1.165) is 12.1 Å². The van der Waals surface area contributed by atoms with E-state index < -0.39 is 0 Å². The average Bonchev–Trinajstić information content (AvgIpc) is 2.63. The van der Waals surface area contributed by atoms with Crippen LogP contribution in [0.4, 0.5) is 0 Å². The Kier molecular flexibility index (Phi) is 3.49. The van der Waals surface area contributed by atoms with Gasteiger partial charge in [0.1, 0.15) is 0 Å². The van der Waals surface area contributed by atoms with Crippen molar-refractivity contribution in [1.82, 2.24) is 9.97 Å². The molecule has 0 saturated heterocycles. The van der Waals surface area contributed by atoms with Gasteiger partial charge in [0, 0.05) is 40.3 Å². The van der Waals surface area contributed by atoms with Crippen molar-refractivity contribution in [2.75, 3.05) is 0 Å². The third-order valence-electron chi connectivity index (χ3n) is 6.04. The first kappa shape index (κ1) is 17.4. The van der Waals surface area contributed by atoms with E-state index in [-0.39, 0.29) is 10.8 Å². The molecule has 2 aromatic carbocycles. The van der Waals surface area contributed by atoms with E-state index in [4.69, 9.17) is 4.98 Å². The molecule has 4 aromatic rings. The number of rotatable bonds is 1. The summed E-state index contributed by atoms with van der Waals surface area (Å²) in [5.74, 6) is 0. The van der Waals surface area contributed by atoms with Gasteiger partial charge in [0.15, 0.2) is 0 Å². The molecule has 0 unspecified atom stereocenters. The number of aromatic nitrogens is 2. The highest BCUT2D eigenvalue weighted by molar-refractivity contribution is 6.04. The monoisotopic (exact) mass is 366 g/mol. The molecule has 2 aromatic heterocycles. The lowest BCUT2D eigenvalue weighted by molar-refractivity contribution is 0.411. The lowest BCUT2D eigenvalue weighted by Crippen LogP contribution is -2.24. The summed E-state index contributed by atoms with van der Waals surface area (Å²) in [7, 11) is 0. The van der Waals surface area contributed by atoms with Gasteiger partial charge in [0.2, 0.25) is 0 Å². The van der Waals surface area contributed by atoms with Crippen LogP contribution in [0.25, 0.3) is 32.8 Å². The van der Waals surface area contributed by atoms with Gasteiger partial charge in [-0.2, -0.15) is 0 Å². The maximum absolute atomic E-state index is 4.84. The molecule has 2 heteroatoms. The molecule has 0 atom stereocenters. The lowest BCUT2D eigenvalue weighted by Gasteiger charge is -2.35. The van der Waals surface area contributed by atoms with Gasteiger partial charge in [-0.3, -0.25) is 9.97 Å². The second-order valence-corrected chi connectivity index (χ2v) is 9.88. The van der Waals surface area contributed by atoms with Crippen molar-refractivity contribution in [3.8, 4) is 11.3 Å². The first-order valence-electron chi connectivity index (χ1n) is 10.0. The largest absolute Gasteiger partial charge is 0.264 e. The Balaban J connectivity index is 1.87. The minimum atomic E-state index is -0.0744. The predicted octanol–water partition coefficient (Wildman–Crippen LogP) is 6.68. The zero-order valence-corrected chi connectivity index (χ0v) is 17.3. The number of nitrogens with zero attached hydrogens (tertiary/aromatic N) is 2. The van der Waals surface area contributed by atoms with E-state index in [0.29, 0.717) is 0 Å². The number of benzene rings is 2. The Hall–Kier alpha value is -2.74. The quantitative estimate of drug-likeness (QED) is 0.375. The first-order chi connectivity index (χ1) is 13.2. The van der Waals surface area contributed by atoms with Crippen LogP contribution in [0.3, 0.4) is 0 Å². The number of pyridine rings is 2. The summed E-state index contributed by atoms with van der Waals surface area (Å²) in [5, 5.41) is 5.01. The summed E-state index contributed by atoms with van der Waals surface area (Å²) in [5.41, 5.74) is 6.70. The molecule has 140 valence electrons. The zero-order valence-electron chi connectivity index (χ0n) is 17.3. The molecule has 0 amide bonds. The normalized spacial score (nSPS) is 15.0.